The van der Waals surface area contributed by atoms with Crippen LogP contribution in [0.3, 0.4) is 0 Å². The van der Waals surface area contributed by atoms with E-state index in [2.05, 4.69) is 47.7 Å². The average Bonchev–Trinajstić information content (AvgIpc) is 3.47. The van der Waals surface area contributed by atoms with Gasteiger partial charge in [0.1, 0.15) is 11.3 Å². The van der Waals surface area contributed by atoms with E-state index in [1.54, 1.807) is 18.3 Å². The van der Waals surface area contributed by atoms with Gasteiger partial charge >= 0.3 is 5.97 Å². The number of fused-ring (bicyclic) bond motifs is 1. The van der Waals surface area contributed by atoms with Crippen molar-refractivity contribution < 1.29 is 18.7 Å². The Hall–Kier alpha value is -3.81. The normalized spacial score (nSPS) is 18.0. The van der Waals surface area contributed by atoms with Crippen LogP contribution in [0.5, 0.6) is 11.5 Å². The number of halogens is 2. The number of ether oxygens (including phenoxy) is 2. The number of methoxy groups -OCH3 is 1. The molecule has 1 saturated heterocycles. The van der Waals surface area contributed by atoms with Crippen LogP contribution in [0.4, 0.5) is 10.1 Å². The minimum absolute atomic E-state index is 0.0541. The van der Waals surface area contributed by atoms with Gasteiger partial charge < -0.3 is 19.4 Å². The number of piperazine rings is 1. The third-order valence-electron chi connectivity index (χ3n) is 9.23. The molecule has 2 aliphatic rings. The van der Waals surface area contributed by atoms with Crippen LogP contribution >= 0.6 is 11.6 Å². The average molecular weight is 616 g/mol. The van der Waals surface area contributed by atoms with Crippen LogP contribution in [0.1, 0.15) is 56.0 Å². The van der Waals surface area contributed by atoms with E-state index in [0.717, 1.165) is 55.1 Å². The molecule has 1 unspecified atom stereocenters. The number of esters is 1. The maximum Gasteiger partial charge on any atom is 0.341 e. The minimum Gasteiger partial charge on any atom is -0.465 e. The van der Waals surface area contributed by atoms with E-state index < -0.39 is 11.8 Å². The van der Waals surface area contributed by atoms with Crippen molar-refractivity contribution in [1.82, 2.24) is 9.88 Å². The molecular weight excluding hydrogens is 577 g/mol. The predicted octanol–water partition coefficient (Wildman–Crippen LogP) is 8.71. The molecule has 3 aromatic carbocycles. The van der Waals surface area contributed by atoms with E-state index in [0.29, 0.717) is 11.6 Å². The monoisotopic (exact) mass is 615 g/mol. The lowest BCUT2D eigenvalue weighted by Crippen LogP contribution is -2.50. The Morgan fingerprint density at radius 2 is 1.75 bits per heavy atom. The number of H-pyrrole nitrogens is 1. The quantitative estimate of drug-likeness (QED) is 0.211. The number of carbonyl (C=O) groups is 1. The molecule has 1 fully saturated rings. The molecule has 230 valence electrons. The lowest BCUT2D eigenvalue weighted by Gasteiger charge is -2.43. The van der Waals surface area contributed by atoms with Crippen LogP contribution < -0.4 is 9.64 Å². The van der Waals surface area contributed by atoms with Gasteiger partial charge in [-0.1, -0.05) is 37.6 Å². The summed E-state index contributed by atoms with van der Waals surface area (Å²) < 4.78 is 26.0. The third-order valence-corrected chi connectivity index (χ3v) is 9.49. The van der Waals surface area contributed by atoms with Gasteiger partial charge in [-0.15, -0.1) is 0 Å². The molecule has 0 amide bonds. The maximum absolute atomic E-state index is 14.9. The number of nitrogens with zero attached hydrogens (tertiary/aromatic N) is 2. The van der Waals surface area contributed by atoms with E-state index in [1.165, 1.54) is 36.3 Å². The van der Waals surface area contributed by atoms with Crippen molar-refractivity contribution in [2.75, 3.05) is 38.2 Å². The molecule has 1 atom stereocenters. The van der Waals surface area contributed by atoms with Crippen molar-refractivity contribution in [3.05, 3.63) is 94.4 Å². The molecule has 1 aromatic heterocycles. The Balaban J connectivity index is 1.21. The van der Waals surface area contributed by atoms with E-state index in [4.69, 9.17) is 21.1 Å². The molecule has 0 radical (unpaired) electrons. The first-order chi connectivity index (χ1) is 21.1. The molecule has 4 aromatic rings. The molecule has 1 aliphatic carbocycles. The lowest BCUT2D eigenvalue weighted by molar-refractivity contribution is 0.0598. The molecule has 44 heavy (non-hydrogen) atoms. The smallest absolute Gasteiger partial charge is 0.341 e. The molecule has 1 aliphatic heterocycles. The fraction of sp³-hybridized carbons (Fsp3) is 0.361. The van der Waals surface area contributed by atoms with E-state index >= 15 is 0 Å². The fourth-order valence-corrected chi connectivity index (χ4v) is 6.74. The number of rotatable bonds is 7. The van der Waals surface area contributed by atoms with Crippen molar-refractivity contribution >= 4 is 39.7 Å². The summed E-state index contributed by atoms with van der Waals surface area (Å²) in [7, 11) is 1.33. The number of aromatic amines is 1. The first kappa shape index (κ1) is 30.2. The summed E-state index contributed by atoms with van der Waals surface area (Å²) in [5.74, 6) is -0.726. The van der Waals surface area contributed by atoms with Crippen LogP contribution in [-0.4, -0.2) is 55.2 Å². The van der Waals surface area contributed by atoms with Crippen LogP contribution in [0.15, 0.2) is 72.4 Å². The lowest BCUT2D eigenvalue weighted by atomic mass is 9.71. The largest absolute Gasteiger partial charge is 0.465 e. The van der Waals surface area contributed by atoms with Crippen LogP contribution in [-0.2, 0) is 4.74 Å². The van der Waals surface area contributed by atoms with E-state index in [1.807, 2.05) is 30.3 Å². The second-order valence-electron chi connectivity index (χ2n) is 12.7. The number of nitrogens with one attached hydrogen (secondary N) is 1. The Labute approximate surface area is 263 Å². The number of anilines is 1. The Kier molecular flexibility index (Phi) is 8.44. The molecule has 8 heteroatoms. The summed E-state index contributed by atoms with van der Waals surface area (Å²) in [6.07, 6.45) is 5.07. The van der Waals surface area contributed by atoms with Crippen molar-refractivity contribution in [2.45, 2.75) is 46.1 Å². The highest BCUT2D eigenvalue weighted by atomic mass is 35.5. The van der Waals surface area contributed by atoms with Gasteiger partial charge in [0.2, 0.25) is 0 Å². The standard InChI is InChI=1S/C36H39ClFN3O3/c1-23(28-11-13-36(2,3)22-30(28)24-5-7-26(37)8-6-24)40-15-17-41(18-16-40)27-9-10-29(35(42)43-4)33(20-27)44-34-19-25-12-14-39-32(25)21-31(34)38/h5-10,12,14,19-21,23,39H,11,13,15-18,22H2,1-4H3. The summed E-state index contributed by atoms with van der Waals surface area (Å²) >= 11 is 6.22. The zero-order valence-corrected chi connectivity index (χ0v) is 26.5. The third kappa shape index (κ3) is 6.21. The Bertz CT molecular complexity index is 1700. The van der Waals surface area contributed by atoms with Crippen molar-refractivity contribution in [2.24, 2.45) is 5.41 Å². The van der Waals surface area contributed by atoms with E-state index in [-0.39, 0.29) is 22.5 Å². The summed E-state index contributed by atoms with van der Waals surface area (Å²) in [6, 6.07) is 18.9. The van der Waals surface area contributed by atoms with Gasteiger partial charge in [0, 0.05) is 72.2 Å². The number of aromatic nitrogens is 1. The molecular formula is C36H39ClFN3O3. The van der Waals surface area contributed by atoms with Gasteiger partial charge in [0.05, 0.1) is 7.11 Å². The van der Waals surface area contributed by atoms with Crippen LogP contribution in [0, 0.1) is 11.2 Å². The first-order valence-corrected chi connectivity index (χ1v) is 15.6. The summed E-state index contributed by atoms with van der Waals surface area (Å²) in [5.41, 5.74) is 6.37. The molecule has 2 heterocycles. The van der Waals surface area contributed by atoms with Gasteiger partial charge in [-0.2, -0.15) is 0 Å². The second-order valence-corrected chi connectivity index (χ2v) is 13.1. The Morgan fingerprint density at radius 1 is 1.00 bits per heavy atom. The summed E-state index contributed by atoms with van der Waals surface area (Å²) in [5, 5.41) is 1.58. The number of hydrogen-bond acceptors (Lipinski definition) is 5. The molecule has 0 saturated carbocycles. The number of hydrogen-bond donors (Lipinski definition) is 1. The SMILES string of the molecule is COC(=O)c1ccc(N2CCN(C(C)C3=C(c4ccc(Cl)cc4)CC(C)(C)CC3)CC2)cc1Oc1cc2cc[nH]c2cc1F. The number of carbonyl (C=O) groups excluding carboxylic acids is 1. The zero-order valence-electron chi connectivity index (χ0n) is 25.8. The predicted molar refractivity (Wildman–Crippen MR) is 175 cm³/mol. The highest BCUT2D eigenvalue weighted by Crippen LogP contribution is 2.45. The van der Waals surface area contributed by atoms with Crippen molar-refractivity contribution in [3.63, 3.8) is 0 Å². The van der Waals surface area contributed by atoms with Gasteiger partial charge in [-0.25, -0.2) is 9.18 Å². The topological polar surface area (TPSA) is 57.8 Å². The minimum atomic E-state index is -0.534. The molecule has 6 rings (SSSR count). The molecule has 0 spiro atoms. The summed E-state index contributed by atoms with van der Waals surface area (Å²) in [6.45, 7) is 10.5. The molecule has 6 nitrogen and oxygen atoms in total. The number of allylic oxidation sites excluding steroid dienone is 1. The van der Waals surface area contributed by atoms with Crippen molar-refractivity contribution in [3.8, 4) is 11.5 Å². The second kappa shape index (κ2) is 12.3. The van der Waals surface area contributed by atoms with Gasteiger partial charge in [-0.05, 0) is 84.7 Å². The highest BCUT2D eigenvalue weighted by molar-refractivity contribution is 6.30. The number of benzene rings is 3. The van der Waals surface area contributed by atoms with Gasteiger partial charge in [-0.3, -0.25) is 4.90 Å². The Morgan fingerprint density at radius 3 is 2.48 bits per heavy atom. The molecule has 1 N–H and O–H groups in total. The fourth-order valence-electron chi connectivity index (χ4n) is 6.61. The summed E-state index contributed by atoms with van der Waals surface area (Å²) in [4.78, 5) is 20.5. The van der Waals surface area contributed by atoms with Gasteiger partial charge in [0.25, 0.3) is 0 Å². The van der Waals surface area contributed by atoms with Crippen molar-refractivity contribution in [1.29, 1.82) is 0 Å². The molecule has 0 bridgehead atoms. The van der Waals surface area contributed by atoms with Gasteiger partial charge in [0.15, 0.2) is 11.6 Å². The van der Waals surface area contributed by atoms with E-state index in [9.17, 15) is 9.18 Å². The zero-order chi connectivity index (χ0) is 31.0. The highest BCUT2D eigenvalue weighted by Gasteiger charge is 2.33. The first-order valence-electron chi connectivity index (χ1n) is 15.3. The van der Waals surface area contributed by atoms with Crippen LogP contribution in [0.25, 0.3) is 16.5 Å². The maximum atomic E-state index is 14.9. The van der Waals surface area contributed by atoms with Crippen LogP contribution in [0.2, 0.25) is 5.02 Å².